The molecule has 0 saturated heterocycles. The fraction of sp³-hybridized carbons (Fsp3) is 0.400. The summed E-state index contributed by atoms with van der Waals surface area (Å²) in [6.07, 6.45) is 2.05. The van der Waals surface area contributed by atoms with Gasteiger partial charge in [-0.05, 0) is 26.8 Å². The molecule has 4 nitrogen and oxygen atoms in total. The average Bonchev–Trinajstić information content (AvgIpc) is 2.78. The summed E-state index contributed by atoms with van der Waals surface area (Å²) in [5.74, 6) is 0.906. The van der Waals surface area contributed by atoms with Crippen molar-refractivity contribution in [3.05, 3.63) is 41.7 Å². The molecule has 0 aliphatic rings. The number of halogens is 1. The van der Waals surface area contributed by atoms with Gasteiger partial charge in [-0.25, -0.2) is 0 Å². The number of anilines is 1. The fourth-order valence-electron chi connectivity index (χ4n) is 1.96. The third kappa shape index (κ3) is 3.67. The molecule has 0 unspecified atom stereocenters. The first-order valence-corrected chi connectivity index (χ1v) is 6.53. The van der Waals surface area contributed by atoms with E-state index in [1.54, 1.807) is 7.11 Å². The van der Waals surface area contributed by atoms with Crippen molar-refractivity contribution in [1.82, 2.24) is 9.78 Å². The highest BCUT2D eigenvalue weighted by Gasteiger charge is 2.08. The maximum Gasteiger partial charge on any atom is 0.123 e. The highest BCUT2D eigenvalue weighted by Crippen LogP contribution is 2.21. The Labute approximate surface area is 126 Å². The molecular weight excluding hydrogens is 274 g/mol. The lowest BCUT2D eigenvalue weighted by molar-refractivity contribution is 0.410. The van der Waals surface area contributed by atoms with Crippen LogP contribution in [0.3, 0.4) is 0 Å². The minimum absolute atomic E-state index is 0. The molecule has 20 heavy (non-hydrogen) atoms. The number of benzene rings is 1. The van der Waals surface area contributed by atoms with Crippen molar-refractivity contribution in [2.75, 3.05) is 12.4 Å². The fourth-order valence-corrected chi connectivity index (χ4v) is 1.96. The van der Waals surface area contributed by atoms with Crippen molar-refractivity contribution in [2.24, 2.45) is 0 Å². The summed E-state index contributed by atoms with van der Waals surface area (Å²) in [4.78, 5) is 0. The Morgan fingerprint density at radius 3 is 2.60 bits per heavy atom. The molecule has 0 saturated carbocycles. The van der Waals surface area contributed by atoms with Crippen molar-refractivity contribution < 1.29 is 4.74 Å². The normalized spacial score (nSPS) is 10.2. The van der Waals surface area contributed by atoms with E-state index in [-0.39, 0.29) is 12.4 Å². The summed E-state index contributed by atoms with van der Waals surface area (Å²) in [6, 6.07) is 8.41. The summed E-state index contributed by atoms with van der Waals surface area (Å²) in [5, 5.41) is 7.90. The van der Waals surface area contributed by atoms with E-state index < -0.39 is 0 Å². The predicted octanol–water partition coefficient (Wildman–Crippen LogP) is 3.81. The minimum atomic E-state index is 0. The number of hydrogen-bond donors (Lipinski definition) is 1. The molecule has 0 amide bonds. The van der Waals surface area contributed by atoms with Gasteiger partial charge in [0.15, 0.2) is 0 Å². The SMILES string of the molecule is COc1ccccc1CNc1cn(C(C)C)nc1C.Cl. The summed E-state index contributed by atoms with van der Waals surface area (Å²) in [7, 11) is 1.70. The van der Waals surface area contributed by atoms with Gasteiger partial charge in [0, 0.05) is 24.3 Å². The number of aryl methyl sites for hydroxylation is 1. The van der Waals surface area contributed by atoms with Crippen LogP contribution in [0.25, 0.3) is 0 Å². The van der Waals surface area contributed by atoms with Gasteiger partial charge in [-0.15, -0.1) is 12.4 Å². The van der Waals surface area contributed by atoms with Gasteiger partial charge in [-0.3, -0.25) is 4.68 Å². The number of nitrogens with zero attached hydrogens (tertiary/aromatic N) is 2. The van der Waals surface area contributed by atoms with Gasteiger partial charge in [0.25, 0.3) is 0 Å². The van der Waals surface area contributed by atoms with Crippen molar-refractivity contribution >= 4 is 18.1 Å². The number of nitrogens with one attached hydrogen (secondary N) is 1. The number of hydrogen-bond acceptors (Lipinski definition) is 3. The molecule has 1 aromatic carbocycles. The molecule has 2 rings (SSSR count). The second-order valence-electron chi connectivity index (χ2n) is 4.87. The quantitative estimate of drug-likeness (QED) is 0.911. The van der Waals surface area contributed by atoms with Crippen molar-refractivity contribution in [3.63, 3.8) is 0 Å². The highest BCUT2D eigenvalue weighted by atomic mass is 35.5. The first-order valence-electron chi connectivity index (χ1n) is 6.53. The second kappa shape index (κ2) is 7.20. The Kier molecular flexibility index (Phi) is 5.89. The zero-order chi connectivity index (χ0) is 13.8. The standard InChI is InChI=1S/C15H21N3O.ClH/c1-11(2)18-10-14(12(3)17-18)16-9-13-7-5-6-8-15(13)19-4;/h5-8,10-11,16H,9H2,1-4H3;1H. The van der Waals surface area contributed by atoms with Gasteiger partial charge in [0.1, 0.15) is 5.75 Å². The summed E-state index contributed by atoms with van der Waals surface area (Å²) >= 11 is 0. The van der Waals surface area contributed by atoms with E-state index in [4.69, 9.17) is 4.74 Å². The van der Waals surface area contributed by atoms with E-state index in [0.29, 0.717) is 6.04 Å². The van der Waals surface area contributed by atoms with Crippen LogP contribution in [0.1, 0.15) is 31.1 Å². The van der Waals surface area contributed by atoms with Crippen LogP contribution >= 0.6 is 12.4 Å². The Hall–Kier alpha value is -1.68. The molecule has 2 aromatic rings. The maximum atomic E-state index is 5.35. The van der Waals surface area contributed by atoms with E-state index in [2.05, 4.69) is 36.5 Å². The summed E-state index contributed by atoms with van der Waals surface area (Å²) in [6.45, 7) is 6.99. The van der Waals surface area contributed by atoms with Gasteiger partial charge in [0.2, 0.25) is 0 Å². The van der Waals surface area contributed by atoms with Crippen LogP contribution in [-0.4, -0.2) is 16.9 Å². The molecule has 1 aromatic heterocycles. The zero-order valence-electron chi connectivity index (χ0n) is 12.4. The van der Waals surface area contributed by atoms with E-state index in [1.165, 1.54) is 0 Å². The molecule has 0 aliphatic carbocycles. The van der Waals surface area contributed by atoms with E-state index in [9.17, 15) is 0 Å². The Morgan fingerprint density at radius 1 is 1.30 bits per heavy atom. The maximum absolute atomic E-state index is 5.35. The number of ether oxygens (including phenoxy) is 1. The van der Waals surface area contributed by atoms with Crippen LogP contribution in [0, 0.1) is 6.92 Å². The number of rotatable bonds is 5. The monoisotopic (exact) mass is 295 g/mol. The Bertz CT molecular complexity index is 552. The lowest BCUT2D eigenvalue weighted by Gasteiger charge is -2.09. The van der Waals surface area contributed by atoms with Gasteiger partial charge in [-0.1, -0.05) is 18.2 Å². The molecule has 110 valence electrons. The van der Waals surface area contributed by atoms with Crippen molar-refractivity contribution in [3.8, 4) is 5.75 Å². The van der Waals surface area contributed by atoms with Gasteiger partial charge < -0.3 is 10.1 Å². The average molecular weight is 296 g/mol. The molecule has 0 spiro atoms. The molecule has 1 N–H and O–H groups in total. The van der Waals surface area contributed by atoms with Gasteiger partial charge in [0.05, 0.1) is 18.5 Å². The molecule has 0 fully saturated rings. The number of methoxy groups -OCH3 is 1. The van der Waals surface area contributed by atoms with Gasteiger partial charge in [-0.2, -0.15) is 5.10 Å². The summed E-state index contributed by atoms with van der Waals surface area (Å²) in [5.41, 5.74) is 3.23. The van der Waals surface area contributed by atoms with Crippen molar-refractivity contribution in [2.45, 2.75) is 33.4 Å². The lowest BCUT2D eigenvalue weighted by Crippen LogP contribution is -2.02. The minimum Gasteiger partial charge on any atom is -0.496 e. The van der Waals surface area contributed by atoms with Crippen molar-refractivity contribution in [1.29, 1.82) is 0 Å². The summed E-state index contributed by atoms with van der Waals surface area (Å²) < 4.78 is 7.32. The third-order valence-electron chi connectivity index (χ3n) is 3.11. The highest BCUT2D eigenvalue weighted by molar-refractivity contribution is 5.85. The van der Waals surface area contributed by atoms with Crippen LogP contribution in [0.4, 0.5) is 5.69 Å². The molecular formula is C15H22ClN3O. The van der Waals surface area contributed by atoms with Crippen LogP contribution in [-0.2, 0) is 6.54 Å². The van der Waals surface area contributed by atoms with Crippen LogP contribution < -0.4 is 10.1 Å². The number of para-hydroxylation sites is 1. The first kappa shape index (κ1) is 16.4. The van der Waals surface area contributed by atoms with Crippen LogP contribution in [0.15, 0.2) is 30.5 Å². The second-order valence-corrected chi connectivity index (χ2v) is 4.87. The molecule has 0 bridgehead atoms. The van der Waals surface area contributed by atoms with E-state index >= 15 is 0 Å². The molecule has 0 radical (unpaired) electrons. The molecule has 0 atom stereocenters. The first-order chi connectivity index (χ1) is 9.11. The van der Waals surface area contributed by atoms with Crippen LogP contribution in [0.5, 0.6) is 5.75 Å². The lowest BCUT2D eigenvalue weighted by atomic mass is 10.2. The van der Waals surface area contributed by atoms with Crippen LogP contribution in [0.2, 0.25) is 0 Å². The largest absolute Gasteiger partial charge is 0.496 e. The molecule has 5 heteroatoms. The smallest absolute Gasteiger partial charge is 0.123 e. The Balaban J connectivity index is 0.00000200. The molecule has 0 aliphatic heterocycles. The van der Waals surface area contributed by atoms with E-state index in [0.717, 1.165) is 29.2 Å². The third-order valence-corrected chi connectivity index (χ3v) is 3.11. The number of aromatic nitrogens is 2. The zero-order valence-corrected chi connectivity index (χ0v) is 13.2. The van der Waals surface area contributed by atoms with Gasteiger partial charge >= 0.3 is 0 Å². The topological polar surface area (TPSA) is 39.1 Å². The van der Waals surface area contributed by atoms with E-state index in [1.807, 2.05) is 29.8 Å². The Morgan fingerprint density at radius 2 is 2.00 bits per heavy atom. The predicted molar refractivity (Wildman–Crippen MR) is 84.9 cm³/mol. The molecule has 1 heterocycles.